The molecule has 0 unspecified atom stereocenters. The lowest BCUT2D eigenvalue weighted by Gasteiger charge is -2.27. The van der Waals surface area contributed by atoms with Crippen LogP contribution in [0, 0.1) is 20.8 Å². The highest BCUT2D eigenvalue weighted by atomic mass is 35.5. The van der Waals surface area contributed by atoms with Gasteiger partial charge in [0.2, 0.25) is 6.29 Å². The number of esters is 1. The summed E-state index contributed by atoms with van der Waals surface area (Å²) in [6.45, 7) is 5.48. The van der Waals surface area contributed by atoms with Crippen LogP contribution in [-0.2, 0) is 4.74 Å². The number of ether oxygens (including phenoxy) is 2. The highest BCUT2D eigenvalue weighted by Crippen LogP contribution is 2.45. The summed E-state index contributed by atoms with van der Waals surface area (Å²) < 4.78 is 10.3. The summed E-state index contributed by atoms with van der Waals surface area (Å²) in [5, 5.41) is 10.9. The van der Waals surface area contributed by atoms with Crippen LogP contribution in [-0.4, -0.2) is 23.2 Å². The maximum absolute atomic E-state index is 11.8. The molecule has 0 saturated carbocycles. The number of aryl methyl sites for hydroxylation is 2. The molecule has 1 aliphatic heterocycles. The molecule has 0 amide bonds. The number of hydrogen-bond donors (Lipinski definition) is 1. The fraction of sp³-hybridized carbons (Fsp3) is 0.294. The van der Waals surface area contributed by atoms with E-state index in [9.17, 15) is 9.90 Å². The van der Waals surface area contributed by atoms with Gasteiger partial charge in [0.05, 0.1) is 24.1 Å². The fourth-order valence-corrected chi connectivity index (χ4v) is 2.97. The monoisotopic (exact) mass is 333 g/mol. The number of benzene rings is 1. The zero-order chi connectivity index (χ0) is 16.9. The molecule has 2 aromatic rings. The van der Waals surface area contributed by atoms with Gasteiger partial charge in [-0.15, -0.1) is 0 Å². The minimum absolute atomic E-state index is 0.299. The Kier molecular flexibility index (Phi) is 3.78. The lowest BCUT2D eigenvalue weighted by atomic mass is 9.94. The van der Waals surface area contributed by atoms with Crippen LogP contribution in [0.2, 0.25) is 5.02 Å². The molecule has 3 rings (SSSR count). The van der Waals surface area contributed by atoms with E-state index in [2.05, 4.69) is 4.98 Å². The third-order valence-electron chi connectivity index (χ3n) is 4.03. The Balaban J connectivity index is 2.31. The van der Waals surface area contributed by atoms with Crippen LogP contribution in [0.1, 0.15) is 39.0 Å². The maximum atomic E-state index is 11.8. The third-order valence-corrected chi connectivity index (χ3v) is 4.62. The molecule has 1 N–H and O–H groups in total. The normalized spacial score (nSPS) is 15.5. The van der Waals surface area contributed by atoms with E-state index in [1.165, 1.54) is 7.11 Å². The van der Waals surface area contributed by atoms with Crippen LogP contribution in [0.5, 0.6) is 5.75 Å². The van der Waals surface area contributed by atoms with Crippen molar-refractivity contribution in [2.75, 3.05) is 7.11 Å². The van der Waals surface area contributed by atoms with Crippen molar-refractivity contribution in [3.05, 3.63) is 45.1 Å². The van der Waals surface area contributed by atoms with Gasteiger partial charge in [0.25, 0.3) is 0 Å². The third kappa shape index (κ3) is 2.36. The zero-order valence-electron chi connectivity index (χ0n) is 13.2. The van der Waals surface area contributed by atoms with Crippen molar-refractivity contribution in [3.63, 3.8) is 0 Å². The highest BCUT2D eigenvalue weighted by Gasteiger charge is 2.30. The second-order valence-electron chi connectivity index (χ2n) is 5.53. The molecule has 120 valence electrons. The van der Waals surface area contributed by atoms with Gasteiger partial charge in [-0.25, -0.2) is 4.79 Å². The van der Waals surface area contributed by atoms with Crippen LogP contribution in [0.4, 0.5) is 0 Å². The number of nitrogens with zero attached hydrogens (tertiary/aromatic N) is 1. The number of carbonyl (C=O) groups excluding carboxylic acids is 1. The summed E-state index contributed by atoms with van der Waals surface area (Å²) in [7, 11) is 1.30. The fourth-order valence-electron chi connectivity index (χ4n) is 2.82. The second kappa shape index (κ2) is 5.51. The Morgan fingerprint density at radius 1 is 1.35 bits per heavy atom. The summed E-state index contributed by atoms with van der Waals surface area (Å²) in [6, 6.07) is 3.34. The number of halogens is 1. The standard InChI is InChI=1S/C17H16ClNO4/c1-7-5-12-13(8(2)14(7)18)15-11(17(21)23-12)6-10(9(3)19-15)16(20)22-4/h5-6,17,21H,1-4H3/t17-/m1/s1. The molecule has 5 nitrogen and oxygen atoms in total. The van der Waals surface area contributed by atoms with Crippen LogP contribution < -0.4 is 4.74 Å². The van der Waals surface area contributed by atoms with Crippen molar-refractivity contribution >= 4 is 17.6 Å². The number of aromatic nitrogens is 1. The molecule has 0 aliphatic carbocycles. The molecule has 23 heavy (non-hydrogen) atoms. The largest absolute Gasteiger partial charge is 0.465 e. The van der Waals surface area contributed by atoms with E-state index in [1.807, 2.05) is 13.8 Å². The molecule has 0 spiro atoms. The summed E-state index contributed by atoms with van der Waals surface area (Å²) in [4.78, 5) is 16.3. The smallest absolute Gasteiger partial charge is 0.339 e. The Morgan fingerprint density at radius 2 is 2.04 bits per heavy atom. The zero-order valence-corrected chi connectivity index (χ0v) is 14.0. The van der Waals surface area contributed by atoms with Crippen molar-refractivity contribution < 1.29 is 19.4 Å². The molecular formula is C17H16ClNO4. The second-order valence-corrected chi connectivity index (χ2v) is 5.90. The first-order valence-electron chi connectivity index (χ1n) is 7.09. The predicted molar refractivity (Wildman–Crippen MR) is 85.8 cm³/mol. The van der Waals surface area contributed by atoms with E-state index < -0.39 is 12.3 Å². The summed E-state index contributed by atoms with van der Waals surface area (Å²) in [5.74, 6) is 0.0246. The Morgan fingerprint density at radius 3 is 2.70 bits per heavy atom. The van der Waals surface area contributed by atoms with Gasteiger partial charge < -0.3 is 14.6 Å². The van der Waals surface area contributed by atoms with Gasteiger partial charge in [0.15, 0.2) is 0 Å². The van der Waals surface area contributed by atoms with Crippen molar-refractivity contribution in [1.82, 2.24) is 4.98 Å². The predicted octanol–water partition coefficient (Wildman–Crippen LogP) is 3.50. The van der Waals surface area contributed by atoms with E-state index in [0.717, 1.165) is 16.7 Å². The van der Waals surface area contributed by atoms with Gasteiger partial charge in [-0.2, -0.15) is 0 Å². The van der Waals surface area contributed by atoms with E-state index in [0.29, 0.717) is 33.3 Å². The quantitative estimate of drug-likeness (QED) is 0.809. The molecule has 1 aromatic heterocycles. The van der Waals surface area contributed by atoms with Crippen LogP contribution >= 0.6 is 11.6 Å². The van der Waals surface area contributed by atoms with Crippen molar-refractivity contribution in [1.29, 1.82) is 0 Å². The van der Waals surface area contributed by atoms with E-state index in [4.69, 9.17) is 21.1 Å². The number of carbonyl (C=O) groups is 1. The average molecular weight is 334 g/mol. The number of pyridine rings is 1. The van der Waals surface area contributed by atoms with Gasteiger partial charge in [-0.1, -0.05) is 11.6 Å². The molecule has 0 fully saturated rings. The van der Waals surface area contributed by atoms with E-state index in [-0.39, 0.29) is 0 Å². The Hall–Kier alpha value is -2.11. The number of aliphatic hydroxyl groups is 1. The van der Waals surface area contributed by atoms with Gasteiger partial charge in [-0.3, -0.25) is 4.98 Å². The van der Waals surface area contributed by atoms with Crippen molar-refractivity contribution in [2.45, 2.75) is 27.1 Å². The Bertz CT molecular complexity index is 832. The van der Waals surface area contributed by atoms with Gasteiger partial charge in [0, 0.05) is 16.1 Å². The first kappa shape index (κ1) is 15.8. The molecule has 6 heteroatoms. The first-order chi connectivity index (χ1) is 10.8. The van der Waals surface area contributed by atoms with Crippen molar-refractivity contribution in [3.8, 4) is 17.0 Å². The number of rotatable bonds is 1. The van der Waals surface area contributed by atoms with E-state index in [1.54, 1.807) is 19.1 Å². The lowest BCUT2D eigenvalue weighted by molar-refractivity contribution is -0.0217. The van der Waals surface area contributed by atoms with E-state index >= 15 is 0 Å². The number of hydrogen-bond acceptors (Lipinski definition) is 5. The molecule has 0 radical (unpaired) electrons. The SMILES string of the molecule is COC(=O)c1cc2c(nc1C)-c1c(cc(C)c(Cl)c1C)O[C@H]2O. The minimum atomic E-state index is -1.20. The molecule has 1 aliphatic rings. The maximum Gasteiger partial charge on any atom is 0.339 e. The van der Waals surface area contributed by atoms with Gasteiger partial charge >= 0.3 is 5.97 Å². The average Bonchev–Trinajstić information content (AvgIpc) is 2.51. The summed E-state index contributed by atoms with van der Waals surface area (Å²) in [5.41, 5.74) is 4.24. The summed E-state index contributed by atoms with van der Waals surface area (Å²) in [6.07, 6.45) is -1.20. The molecule has 1 aromatic carbocycles. The number of fused-ring (bicyclic) bond motifs is 3. The topological polar surface area (TPSA) is 68.7 Å². The van der Waals surface area contributed by atoms with Crippen LogP contribution in [0.25, 0.3) is 11.3 Å². The van der Waals surface area contributed by atoms with Gasteiger partial charge in [0.1, 0.15) is 5.75 Å². The lowest BCUT2D eigenvalue weighted by Crippen LogP contribution is -2.18. The summed E-state index contributed by atoms with van der Waals surface area (Å²) >= 11 is 6.34. The molecule has 2 heterocycles. The minimum Gasteiger partial charge on any atom is -0.465 e. The molecule has 0 bridgehead atoms. The Labute approximate surface area is 138 Å². The number of aliphatic hydroxyl groups excluding tert-OH is 1. The highest BCUT2D eigenvalue weighted by molar-refractivity contribution is 6.32. The molecule has 1 atom stereocenters. The van der Waals surface area contributed by atoms with Crippen LogP contribution in [0.3, 0.4) is 0 Å². The van der Waals surface area contributed by atoms with Gasteiger partial charge in [-0.05, 0) is 44.0 Å². The molecular weight excluding hydrogens is 318 g/mol. The van der Waals surface area contributed by atoms with Crippen molar-refractivity contribution in [2.24, 2.45) is 0 Å². The number of methoxy groups -OCH3 is 1. The van der Waals surface area contributed by atoms with Crippen LogP contribution in [0.15, 0.2) is 12.1 Å². The first-order valence-corrected chi connectivity index (χ1v) is 7.47. The molecule has 0 saturated heterocycles.